The van der Waals surface area contributed by atoms with Crippen LogP contribution in [0.15, 0.2) is 23.6 Å². The lowest BCUT2D eigenvalue weighted by Gasteiger charge is -2.00. The molecule has 0 aliphatic carbocycles. The van der Waals surface area contributed by atoms with Crippen LogP contribution >= 0.6 is 11.3 Å². The summed E-state index contributed by atoms with van der Waals surface area (Å²) in [6, 6.07) is 4.93. The molecule has 1 aromatic carbocycles. The van der Waals surface area contributed by atoms with Crippen molar-refractivity contribution in [1.29, 1.82) is 0 Å². The van der Waals surface area contributed by atoms with E-state index in [-0.39, 0.29) is 12.1 Å². The van der Waals surface area contributed by atoms with E-state index in [0.717, 1.165) is 0 Å². The lowest BCUT2D eigenvalue weighted by molar-refractivity contribution is -0.385. The highest BCUT2D eigenvalue weighted by Crippen LogP contribution is 2.27. The predicted molar refractivity (Wildman–Crippen MR) is 71.8 cm³/mol. The Balaban J connectivity index is 2.36. The molecule has 0 radical (unpaired) electrons. The van der Waals surface area contributed by atoms with Gasteiger partial charge >= 0.3 is 0 Å². The molecule has 2 N–H and O–H groups in total. The molecule has 0 aliphatic heterocycles. The third-order valence-corrected chi connectivity index (χ3v) is 3.43. The van der Waals surface area contributed by atoms with E-state index in [1.807, 2.05) is 0 Å². The number of benzene rings is 1. The third kappa shape index (κ3) is 2.94. The van der Waals surface area contributed by atoms with Gasteiger partial charge in [-0.05, 0) is 6.92 Å². The number of primary amides is 1. The molecule has 19 heavy (non-hydrogen) atoms. The summed E-state index contributed by atoms with van der Waals surface area (Å²) in [4.78, 5) is 25.5. The van der Waals surface area contributed by atoms with Gasteiger partial charge in [0, 0.05) is 22.6 Å². The van der Waals surface area contributed by atoms with E-state index in [2.05, 4.69) is 4.98 Å². The molecule has 0 saturated heterocycles. The van der Waals surface area contributed by atoms with Crippen LogP contribution in [0.4, 0.5) is 5.69 Å². The molecular weight excluding hydrogens is 266 g/mol. The zero-order valence-corrected chi connectivity index (χ0v) is 10.9. The van der Waals surface area contributed by atoms with Gasteiger partial charge in [0.1, 0.15) is 5.01 Å². The van der Waals surface area contributed by atoms with Gasteiger partial charge in [-0.3, -0.25) is 14.9 Å². The highest BCUT2D eigenvalue weighted by atomic mass is 32.1. The summed E-state index contributed by atoms with van der Waals surface area (Å²) in [5.74, 6) is -0.448. The Labute approximate surface area is 113 Å². The van der Waals surface area contributed by atoms with Crippen LogP contribution in [-0.2, 0) is 11.2 Å². The van der Waals surface area contributed by atoms with E-state index in [1.54, 1.807) is 24.4 Å². The van der Waals surface area contributed by atoms with Gasteiger partial charge < -0.3 is 5.73 Å². The summed E-state index contributed by atoms with van der Waals surface area (Å²) in [6.45, 7) is 1.68. The molecule has 0 saturated carbocycles. The zero-order chi connectivity index (χ0) is 14.0. The van der Waals surface area contributed by atoms with Crippen LogP contribution in [0.3, 0.4) is 0 Å². The van der Waals surface area contributed by atoms with Gasteiger partial charge in [0.15, 0.2) is 0 Å². The maximum absolute atomic E-state index is 10.9. The number of nitro benzene ring substituents is 1. The normalized spacial score (nSPS) is 10.4. The number of nitrogens with two attached hydrogens (primary N) is 1. The van der Waals surface area contributed by atoms with Gasteiger partial charge in [0.25, 0.3) is 5.69 Å². The topological polar surface area (TPSA) is 99.1 Å². The van der Waals surface area contributed by atoms with Gasteiger partial charge in [0.05, 0.1) is 17.0 Å². The Morgan fingerprint density at radius 2 is 2.26 bits per heavy atom. The molecule has 0 atom stereocenters. The smallest absolute Gasteiger partial charge is 0.272 e. The third-order valence-electron chi connectivity index (χ3n) is 2.58. The lowest BCUT2D eigenvalue weighted by Crippen LogP contribution is -2.13. The molecule has 2 rings (SSSR count). The van der Waals surface area contributed by atoms with E-state index in [4.69, 9.17) is 5.73 Å². The summed E-state index contributed by atoms with van der Waals surface area (Å²) in [6.07, 6.45) is 0.0820. The minimum atomic E-state index is -0.448. The number of thiazole rings is 1. The molecule has 0 unspecified atom stereocenters. The fraction of sp³-hybridized carbons (Fsp3) is 0.167. The minimum absolute atomic E-state index is 0.0574. The Morgan fingerprint density at radius 1 is 1.53 bits per heavy atom. The van der Waals surface area contributed by atoms with Crippen LogP contribution in [0.1, 0.15) is 10.6 Å². The number of hydrogen-bond donors (Lipinski definition) is 1. The fourth-order valence-corrected chi connectivity index (χ4v) is 2.45. The second-order valence-corrected chi connectivity index (χ2v) is 4.97. The summed E-state index contributed by atoms with van der Waals surface area (Å²) in [7, 11) is 0. The number of hydrogen-bond acceptors (Lipinski definition) is 5. The van der Waals surface area contributed by atoms with E-state index < -0.39 is 10.8 Å². The van der Waals surface area contributed by atoms with Gasteiger partial charge in [-0.25, -0.2) is 4.98 Å². The fourth-order valence-electron chi connectivity index (χ4n) is 1.64. The number of rotatable bonds is 4. The van der Waals surface area contributed by atoms with Crippen LogP contribution in [0.25, 0.3) is 11.3 Å². The van der Waals surface area contributed by atoms with Crippen LogP contribution in [0, 0.1) is 17.0 Å². The number of carbonyl (C=O) groups excluding carboxylic acids is 1. The minimum Gasteiger partial charge on any atom is -0.369 e. The van der Waals surface area contributed by atoms with Gasteiger partial charge in [0.2, 0.25) is 5.91 Å². The lowest BCUT2D eigenvalue weighted by atomic mass is 10.1. The monoisotopic (exact) mass is 277 g/mol. The standard InChI is InChI=1S/C12H11N3O3S/c1-7-2-3-8(4-10(7)15(17)18)9-6-19-12(14-9)5-11(13)16/h2-4,6H,5H2,1H3,(H2,13,16). The average molecular weight is 277 g/mol. The molecular formula is C12H11N3O3S. The van der Waals surface area contributed by atoms with Crippen LogP contribution in [-0.4, -0.2) is 15.8 Å². The number of aryl methyl sites for hydroxylation is 1. The van der Waals surface area contributed by atoms with E-state index in [0.29, 0.717) is 21.8 Å². The molecule has 0 bridgehead atoms. The Morgan fingerprint density at radius 3 is 2.89 bits per heavy atom. The molecule has 1 amide bonds. The first-order valence-corrected chi connectivity index (χ1v) is 6.33. The maximum Gasteiger partial charge on any atom is 0.272 e. The van der Waals surface area contributed by atoms with Crippen molar-refractivity contribution < 1.29 is 9.72 Å². The van der Waals surface area contributed by atoms with Gasteiger partial charge in [-0.15, -0.1) is 11.3 Å². The number of aromatic nitrogens is 1. The molecule has 6 nitrogen and oxygen atoms in total. The van der Waals surface area contributed by atoms with Crippen molar-refractivity contribution >= 4 is 22.9 Å². The molecule has 1 aromatic heterocycles. The number of nitrogens with zero attached hydrogens (tertiary/aromatic N) is 2. The van der Waals surface area contributed by atoms with Crippen molar-refractivity contribution in [1.82, 2.24) is 4.98 Å². The Kier molecular flexibility index (Phi) is 3.57. The molecule has 0 spiro atoms. The highest BCUT2D eigenvalue weighted by molar-refractivity contribution is 7.10. The molecule has 0 aliphatic rings. The van der Waals surface area contributed by atoms with Crippen molar-refractivity contribution in [3.8, 4) is 11.3 Å². The van der Waals surface area contributed by atoms with E-state index in [9.17, 15) is 14.9 Å². The summed E-state index contributed by atoms with van der Waals surface area (Å²) in [5, 5.41) is 13.2. The quantitative estimate of drug-likeness (QED) is 0.682. The molecule has 7 heteroatoms. The number of carbonyl (C=O) groups is 1. The SMILES string of the molecule is Cc1ccc(-c2csc(CC(N)=O)n2)cc1[N+](=O)[O-]. The van der Waals surface area contributed by atoms with E-state index in [1.165, 1.54) is 17.4 Å². The second-order valence-electron chi connectivity index (χ2n) is 4.03. The van der Waals surface area contributed by atoms with Crippen LogP contribution < -0.4 is 5.73 Å². The van der Waals surface area contributed by atoms with Crippen molar-refractivity contribution in [2.24, 2.45) is 5.73 Å². The predicted octanol–water partition coefficient (Wildman–Crippen LogP) is 2.05. The Hall–Kier alpha value is -2.28. The van der Waals surface area contributed by atoms with Crippen LogP contribution in [0.5, 0.6) is 0 Å². The van der Waals surface area contributed by atoms with Crippen molar-refractivity contribution in [2.45, 2.75) is 13.3 Å². The summed E-state index contributed by atoms with van der Waals surface area (Å²) < 4.78 is 0. The number of nitro groups is 1. The highest BCUT2D eigenvalue weighted by Gasteiger charge is 2.14. The van der Waals surface area contributed by atoms with Gasteiger partial charge in [-0.1, -0.05) is 12.1 Å². The first-order chi connectivity index (χ1) is 8.97. The van der Waals surface area contributed by atoms with Crippen molar-refractivity contribution in [3.05, 3.63) is 44.3 Å². The maximum atomic E-state index is 10.9. The largest absolute Gasteiger partial charge is 0.369 e. The molecule has 2 aromatic rings. The average Bonchev–Trinajstić information content (AvgIpc) is 2.76. The van der Waals surface area contributed by atoms with Crippen LogP contribution in [0.2, 0.25) is 0 Å². The summed E-state index contributed by atoms with van der Waals surface area (Å²) in [5.41, 5.74) is 7.02. The summed E-state index contributed by atoms with van der Waals surface area (Å²) >= 11 is 1.31. The van der Waals surface area contributed by atoms with Crippen molar-refractivity contribution in [3.63, 3.8) is 0 Å². The van der Waals surface area contributed by atoms with Gasteiger partial charge in [-0.2, -0.15) is 0 Å². The molecule has 0 fully saturated rings. The Bertz CT molecular complexity index is 651. The molecule has 98 valence electrons. The molecule has 1 heterocycles. The van der Waals surface area contributed by atoms with Crippen molar-refractivity contribution in [2.75, 3.05) is 0 Å². The first kappa shape index (κ1) is 13.2. The zero-order valence-electron chi connectivity index (χ0n) is 10.1. The second kappa shape index (κ2) is 5.15. The van der Waals surface area contributed by atoms with E-state index >= 15 is 0 Å². The number of amides is 1. The first-order valence-electron chi connectivity index (χ1n) is 5.45.